The van der Waals surface area contributed by atoms with E-state index >= 15 is 0 Å². The monoisotopic (exact) mass is 306 g/mol. The molecule has 1 aromatic rings. The molecule has 18 heavy (non-hydrogen) atoms. The minimum atomic E-state index is -3.60. The van der Waals surface area contributed by atoms with Crippen LogP contribution in [0.4, 0.5) is 0 Å². The molecule has 2 atom stereocenters. The zero-order chi connectivity index (χ0) is 13.9. The molecule has 0 saturated heterocycles. The topological polar surface area (TPSA) is 72.2 Å². The number of nitrogens with two attached hydrogens (primary N) is 1. The fourth-order valence-electron chi connectivity index (χ4n) is 1.39. The summed E-state index contributed by atoms with van der Waals surface area (Å²) < 4.78 is 26.4. The van der Waals surface area contributed by atoms with Crippen molar-refractivity contribution in [1.29, 1.82) is 0 Å². The molecule has 0 bridgehead atoms. The first-order valence-electron chi connectivity index (χ1n) is 5.30. The minimum absolute atomic E-state index is 0.0612. The van der Waals surface area contributed by atoms with Crippen molar-refractivity contribution < 1.29 is 8.42 Å². The third kappa shape index (κ3) is 3.65. The number of hydrogen-bond acceptors (Lipinski definition) is 3. The normalized spacial score (nSPS) is 15.1. The number of hydrogen-bond donors (Lipinski definition) is 2. The molecule has 0 aliphatic rings. The maximum atomic E-state index is 11.9. The van der Waals surface area contributed by atoms with E-state index in [1.54, 1.807) is 31.2 Å². The average molecular weight is 307 g/mol. The molecule has 1 aromatic carbocycles. The SMILES string of the molecule is CC(NS(=O)(=O)C(C)C(N)=S)c1ccccc1Cl. The third-order valence-electron chi connectivity index (χ3n) is 2.58. The standard InChI is InChI=1S/C11H15ClN2O2S2/c1-7(9-5-3-4-6-10(9)12)14-18(15,16)8(2)11(13)17/h3-8,14H,1-2H3,(H2,13,17). The van der Waals surface area contributed by atoms with Crippen molar-refractivity contribution in [2.24, 2.45) is 5.73 Å². The van der Waals surface area contributed by atoms with Gasteiger partial charge in [-0.2, -0.15) is 0 Å². The number of halogens is 1. The molecule has 0 aromatic heterocycles. The van der Waals surface area contributed by atoms with Crippen LogP contribution in [0, 0.1) is 0 Å². The zero-order valence-electron chi connectivity index (χ0n) is 10.1. The van der Waals surface area contributed by atoms with Gasteiger partial charge in [-0.15, -0.1) is 0 Å². The Morgan fingerprint density at radius 1 is 1.39 bits per heavy atom. The molecular weight excluding hydrogens is 292 g/mol. The molecule has 1 rings (SSSR count). The summed E-state index contributed by atoms with van der Waals surface area (Å²) in [5, 5.41) is -0.409. The van der Waals surface area contributed by atoms with Gasteiger partial charge in [0.2, 0.25) is 10.0 Å². The van der Waals surface area contributed by atoms with E-state index in [2.05, 4.69) is 4.72 Å². The van der Waals surface area contributed by atoms with Crippen LogP contribution in [-0.2, 0) is 10.0 Å². The molecule has 3 N–H and O–H groups in total. The minimum Gasteiger partial charge on any atom is -0.392 e. The summed E-state index contributed by atoms with van der Waals surface area (Å²) in [6, 6.07) is 6.60. The van der Waals surface area contributed by atoms with Gasteiger partial charge < -0.3 is 5.73 Å². The molecule has 0 spiro atoms. The highest BCUT2D eigenvalue weighted by atomic mass is 35.5. The third-order valence-corrected chi connectivity index (χ3v) is 5.29. The van der Waals surface area contributed by atoms with Crippen LogP contribution in [0.5, 0.6) is 0 Å². The maximum absolute atomic E-state index is 11.9. The van der Waals surface area contributed by atoms with Gasteiger partial charge in [-0.05, 0) is 25.5 Å². The summed E-state index contributed by atoms with van der Waals surface area (Å²) in [6.45, 7) is 3.16. The van der Waals surface area contributed by atoms with Gasteiger partial charge in [0, 0.05) is 11.1 Å². The molecule has 0 saturated carbocycles. The molecule has 2 unspecified atom stereocenters. The lowest BCUT2D eigenvalue weighted by Crippen LogP contribution is -2.41. The lowest BCUT2D eigenvalue weighted by atomic mass is 10.1. The lowest BCUT2D eigenvalue weighted by Gasteiger charge is -2.18. The van der Waals surface area contributed by atoms with Crippen LogP contribution in [-0.4, -0.2) is 18.7 Å². The van der Waals surface area contributed by atoms with Crippen molar-refractivity contribution >= 4 is 38.8 Å². The average Bonchev–Trinajstić information content (AvgIpc) is 2.27. The van der Waals surface area contributed by atoms with Crippen molar-refractivity contribution in [3.8, 4) is 0 Å². The Kier molecular flexibility index (Phi) is 5.10. The summed E-state index contributed by atoms with van der Waals surface area (Å²) in [7, 11) is -3.60. The van der Waals surface area contributed by atoms with Crippen LogP contribution in [0.2, 0.25) is 5.02 Å². The zero-order valence-corrected chi connectivity index (χ0v) is 12.4. The molecule has 0 amide bonds. The Labute approximate surface area is 118 Å². The largest absolute Gasteiger partial charge is 0.392 e. The Hall–Kier alpha value is -0.690. The number of benzene rings is 1. The molecule has 0 aliphatic carbocycles. The van der Waals surface area contributed by atoms with Gasteiger partial charge in [0.05, 0.1) is 4.99 Å². The Morgan fingerprint density at radius 3 is 2.44 bits per heavy atom. The molecule has 0 radical (unpaired) electrons. The van der Waals surface area contributed by atoms with E-state index in [0.29, 0.717) is 10.6 Å². The smallest absolute Gasteiger partial charge is 0.221 e. The van der Waals surface area contributed by atoms with Gasteiger partial charge in [0.25, 0.3) is 0 Å². The van der Waals surface area contributed by atoms with Crippen LogP contribution in [0.1, 0.15) is 25.5 Å². The number of rotatable bonds is 5. The second-order valence-corrected chi connectivity index (χ2v) is 6.86. The van der Waals surface area contributed by atoms with Gasteiger partial charge >= 0.3 is 0 Å². The van der Waals surface area contributed by atoms with Gasteiger partial charge in [0.15, 0.2) is 0 Å². The van der Waals surface area contributed by atoms with E-state index in [1.807, 2.05) is 0 Å². The Balaban J connectivity index is 2.92. The Morgan fingerprint density at radius 2 is 1.94 bits per heavy atom. The highest BCUT2D eigenvalue weighted by Crippen LogP contribution is 2.23. The van der Waals surface area contributed by atoms with Crippen molar-refractivity contribution in [2.75, 3.05) is 0 Å². The summed E-state index contributed by atoms with van der Waals surface area (Å²) >= 11 is 10.7. The maximum Gasteiger partial charge on any atom is 0.221 e. The predicted molar refractivity (Wildman–Crippen MR) is 78.2 cm³/mol. The van der Waals surface area contributed by atoms with E-state index in [-0.39, 0.29) is 4.99 Å². The molecule has 0 fully saturated rings. The highest BCUT2D eigenvalue weighted by molar-refractivity contribution is 7.93. The van der Waals surface area contributed by atoms with E-state index in [1.165, 1.54) is 6.92 Å². The summed E-state index contributed by atoms with van der Waals surface area (Å²) in [5.41, 5.74) is 6.06. The fourth-order valence-corrected chi connectivity index (χ4v) is 3.20. The molecular formula is C11H15ClN2O2S2. The fraction of sp³-hybridized carbons (Fsp3) is 0.364. The summed E-state index contributed by atoms with van der Waals surface area (Å²) in [6.07, 6.45) is 0. The van der Waals surface area contributed by atoms with E-state index < -0.39 is 21.3 Å². The molecule has 0 aliphatic heterocycles. The second-order valence-electron chi connectivity index (χ2n) is 3.95. The van der Waals surface area contributed by atoms with Gasteiger partial charge in [-0.25, -0.2) is 13.1 Å². The van der Waals surface area contributed by atoms with Gasteiger partial charge in [0.1, 0.15) is 5.25 Å². The molecule has 100 valence electrons. The van der Waals surface area contributed by atoms with Crippen LogP contribution < -0.4 is 10.5 Å². The van der Waals surface area contributed by atoms with Crippen molar-refractivity contribution in [3.05, 3.63) is 34.9 Å². The molecule has 4 nitrogen and oxygen atoms in total. The quantitative estimate of drug-likeness (QED) is 0.816. The van der Waals surface area contributed by atoms with Gasteiger partial charge in [-0.3, -0.25) is 0 Å². The first kappa shape index (κ1) is 15.4. The van der Waals surface area contributed by atoms with Crippen LogP contribution in [0.15, 0.2) is 24.3 Å². The first-order chi connectivity index (χ1) is 8.25. The van der Waals surface area contributed by atoms with Crippen molar-refractivity contribution in [3.63, 3.8) is 0 Å². The van der Waals surface area contributed by atoms with Crippen molar-refractivity contribution in [2.45, 2.75) is 25.1 Å². The van der Waals surface area contributed by atoms with Crippen LogP contribution >= 0.6 is 23.8 Å². The number of thiocarbonyl (C=S) groups is 1. The van der Waals surface area contributed by atoms with E-state index in [9.17, 15) is 8.42 Å². The summed E-state index contributed by atoms with van der Waals surface area (Å²) in [4.78, 5) is -0.0612. The molecule has 0 heterocycles. The van der Waals surface area contributed by atoms with Crippen LogP contribution in [0.3, 0.4) is 0 Å². The van der Waals surface area contributed by atoms with Crippen molar-refractivity contribution in [1.82, 2.24) is 4.72 Å². The number of nitrogens with one attached hydrogen (secondary N) is 1. The lowest BCUT2D eigenvalue weighted by molar-refractivity contribution is 0.564. The predicted octanol–water partition coefficient (Wildman–Crippen LogP) is 1.99. The first-order valence-corrected chi connectivity index (χ1v) is 7.64. The highest BCUT2D eigenvalue weighted by Gasteiger charge is 2.25. The van der Waals surface area contributed by atoms with Gasteiger partial charge in [-0.1, -0.05) is 42.0 Å². The summed E-state index contributed by atoms with van der Waals surface area (Å²) in [5.74, 6) is 0. The van der Waals surface area contributed by atoms with E-state index in [0.717, 1.165) is 0 Å². The molecule has 7 heteroatoms. The van der Waals surface area contributed by atoms with E-state index in [4.69, 9.17) is 29.6 Å². The second kappa shape index (κ2) is 5.97. The number of sulfonamides is 1. The Bertz CT molecular complexity index is 546. The van der Waals surface area contributed by atoms with Crippen LogP contribution in [0.25, 0.3) is 0 Å².